The first-order valence-electron chi connectivity index (χ1n) is 5.84. The van der Waals surface area contributed by atoms with Crippen molar-refractivity contribution in [2.45, 2.75) is 13.8 Å². The minimum atomic E-state index is 0.185. The van der Waals surface area contributed by atoms with Crippen LogP contribution in [-0.2, 0) is 0 Å². The van der Waals surface area contributed by atoms with Crippen molar-refractivity contribution < 1.29 is 0 Å². The van der Waals surface area contributed by atoms with E-state index in [-0.39, 0.29) is 5.28 Å². The Hall–Kier alpha value is -2.14. The van der Waals surface area contributed by atoms with Crippen molar-refractivity contribution in [2.75, 3.05) is 5.32 Å². The van der Waals surface area contributed by atoms with Crippen LogP contribution in [0.15, 0.2) is 24.4 Å². The van der Waals surface area contributed by atoms with Gasteiger partial charge in [0.2, 0.25) is 5.28 Å². The number of anilines is 2. The summed E-state index contributed by atoms with van der Waals surface area (Å²) in [6.45, 7) is 4.09. The van der Waals surface area contributed by atoms with Gasteiger partial charge in [-0.05, 0) is 42.6 Å². The molecule has 0 amide bonds. The van der Waals surface area contributed by atoms with Crippen molar-refractivity contribution in [1.82, 2.24) is 20.2 Å². The molecule has 0 aliphatic carbocycles. The lowest BCUT2D eigenvalue weighted by molar-refractivity contribution is 1.09. The van der Waals surface area contributed by atoms with Gasteiger partial charge in [-0.25, -0.2) is 0 Å². The molecule has 2 N–H and O–H groups in total. The molecule has 2 aromatic heterocycles. The van der Waals surface area contributed by atoms with Crippen LogP contribution in [0.25, 0.3) is 11.0 Å². The summed E-state index contributed by atoms with van der Waals surface area (Å²) in [6, 6.07) is 6.20. The number of aryl methyl sites for hydroxylation is 2. The number of benzene rings is 1. The van der Waals surface area contributed by atoms with Crippen molar-refractivity contribution in [2.24, 2.45) is 0 Å². The lowest BCUT2D eigenvalue weighted by Gasteiger charge is -2.10. The van der Waals surface area contributed by atoms with Crippen LogP contribution in [-0.4, -0.2) is 20.2 Å². The van der Waals surface area contributed by atoms with Crippen LogP contribution in [0.4, 0.5) is 11.5 Å². The van der Waals surface area contributed by atoms with Crippen LogP contribution < -0.4 is 5.32 Å². The number of H-pyrrole nitrogens is 1. The summed E-state index contributed by atoms with van der Waals surface area (Å²) in [5.41, 5.74) is 3.93. The third-order valence-electron chi connectivity index (χ3n) is 2.93. The van der Waals surface area contributed by atoms with E-state index in [0.717, 1.165) is 16.6 Å². The topological polar surface area (TPSA) is 66.5 Å². The van der Waals surface area contributed by atoms with Crippen molar-refractivity contribution in [3.8, 4) is 0 Å². The summed E-state index contributed by atoms with van der Waals surface area (Å²) in [4.78, 5) is 8.30. The minimum absolute atomic E-state index is 0.185. The van der Waals surface area contributed by atoms with Gasteiger partial charge in [0.15, 0.2) is 5.65 Å². The fourth-order valence-electron chi connectivity index (χ4n) is 1.90. The average molecular weight is 274 g/mol. The number of fused-ring (bicyclic) bond motifs is 1. The summed E-state index contributed by atoms with van der Waals surface area (Å²) in [7, 11) is 0. The van der Waals surface area contributed by atoms with E-state index in [1.165, 1.54) is 5.56 Å². The second-order valence-electron chi connectivity index (χ2n) is 4.42. The zero-order valence-corrected chi connectivity index (χ0v) is 11.3. The van der Waals surface area contributed by atoms with Gasteiger partial charge in [-0.15, -0.1) is 0 Å². The number of nitrogens with one attached hydrogen (secondary N) is 2. The van der Waals surface area contributed by atoms with E-state index in [0.29, 0.717) is 11.5 Å². The highest BCUT2D eigenvalue weighted by molar-refractivity contribution is 6.28. The maximum atomic E-state index is 5.91. The predicted octanol–water partition coefficient (Wildman–Crippen LogP) is 3.37. The highest BCUT2D eigenvalue weighted by Gasteiger charge is 2.09. The number of aromatic amines is 1. The summed E-state index contributed by atoms with van der Waals surface area (Å²) in [5.74, 6) is 0.650. The van der Waals surface area contributed by atoms with Crippen LogP contribution in [0.2, 0.25) is 5.28 Å². The third-order valence-corrected chi connectivity index (χ3v) is 3.10. The van der Waals surface area contributed by atoms with Gasteiger partial charge >= 0.3 is 0 Å². The van der Waals surface area contributed by atoms with Crippen molar-refractivity contribution in [1.29, 1.82) is 0 Å². The molecule has 0 radical (unpaired) electrons. The molecule has 0 spiro atoms. The van der Waals surface area contributed by atoms with Crippen LogP contribution in [0, 0.1) is 13.8 Å². The van der Waals surface area contributed by atoms with E-state index in [4.69, 9.17) is 11.6 Å². The Balaban J connectivity index is 2.10. The highest BCUT2D eigenvalue weighted by Crippen LogP contribution is 2.26. The molecule has 0 saturated carbocycles. The molecule has 0 aliphatic heterocycles. The fourth-order valence-corrected chi connectivity index (χ4v) is 2.07. The number of hydrogen-bond donors (Lipinski definition) is 2. The second-order valence-corrected chi connectivity index (χ2v) is 4.75. The molecular formula is C13H12ClN5. The van der Waals surface area contributed by atoms with Crippen molar-refractivity contribution >= 4 is 34.1 Å². The SMILES string of the molecule is Cc1ccc(C)c(Nc2nc(Cl)nc3[nH]ncc23)c1. The molecule has 5 nitrogen and oxygen atoms in total. The molecule has 0 atom stereocenters. The largest absolute Gasteiger partial charge is 0.339 e. The zero-order valence-electron chi connectivity index (χ0n) is 10.5. The predicted molar refractivity (Wildman–Crippen MR) is 75.9 cm³/mol. The molecule has 0 saturated heterocycles. The van der Waals surface area contributed by atoms with Gasteiger partial charge in [0.25, 0.3) is 0 Å². The standard InChI is InChI=1S/C13H12ClN5/c1-7-3-4-8(2)10(5-7)16-11-9-6-15-19-12(9)18-13(14)17-11/h3-6H,1-2H3,(H2,15,16,17,18,19). The second kappa shape index (κ2) is 4.51. The molecule has 3 rings (SSSR count). The molecule has 0 aliphatic rings. The summed E-state index contributed by atoms with van der Waals surface area (Å²) in [5, 5.41) is 11.0. The van der Waals surface area contributed by atoms with Crippen LogP contribution in [0.3, 0.4) is 0 Å². The van der Waals surface area contributed by atoms with Gasteiger partial charge < -0.3 is 5.32 Å². The lowest BCUT2D eigenvalue weighted by atomic mass is 10.1. The average Bonchev–Trinajstić information content (AvgIpc) is 2.82. The van der Waals surface area contributed by atoms with Gasteiger partial charge in [-0.2, -0.15) is 15.1 Å². The Kier molecular flexibility index (Phi) is 2.83. The van der Waals surface area contributed by atoms with E-state index in [9.17, 15) is 0 Å². The van der Waals surface area contributed by atoms with E-state index in [1.807, 2.05) is 13.8 Å². The fraction of sp³-hybridized carbons (Fsp3) is 0.154. The first-order valence-corrected chi connectivity index (χ1v) is 6.22. The maximum absolute atomic E-state index is 5.91. The third kappa shape index (κ3) is 2.24. The van der Waals surface area contributed by atoms with Gasteiger partial charge in [0.1, 0.15) is 5.82 Å². The van der Waals surface area contributed by atoms with Gasteiger partial charge in [0, 0.05) is 5.69 Å². The molecular weight excluding hydrogens is 262 g/mol. The molecule has 3 aromatic rings. The minimum Gasteiger partial charge on any atom is -0.339 e. The number of aromatic nitrogens is 4. The normalized spacial score (nSPS) is 10.9. The molecule has 19 heavy (non-hydrogen) atoms. The number of nitrogens with zero attached hydrogens (tertiary/aromatic N) is 3. The quantitative estimate of drug-likeness (QED) is 0.703. The van der Waals surface area contributed by atoms with Crippen LogP contribution in [0.5, 0.6) is 0 Å². The molecule has 6 heteroatoms. The summed E-state index contributed by atoms with van der Waals surface area (Å²) < 4.78 is 0. The molecule has 2 heterocycles. The van der Waals surface area contributed by atoms with Crippen LogP contribution >= 0.6 is 11.6 Å². The Bertz CT molecular complexity index is 750. The molecule has 96 valence electrons. The monoisotopic (exact) mass is 273 g/mol. The van der Waals surface area contributed by atoms with E-state index >= 15 is 0 Å². The van der Waals surface area contributed by atoms with Gasteiger partial charge in [-0.3, -0.25) is 5.10 Å². The molecule has 0 unspecified atom stereocenters. The Morgan fingerprint density at radius 1 is 1.21 bits per heavy atom. The summed E-state index contributed by atoms with van der Waals surface area (Å²) in [6.07, 6.45) is 1.68. The Labute approximate surface area is 115 Å². The van der Waals surface area contributed by atoms with Gasteiger partial charge in [-0.1, -0.05) is 12.1 Å². The molecule has 1 aromatic carbocycles. The lowest BCUT2D eigenvalue weighted by Crippen LogP contribution is -1.98. The molecule has 0 bridgehead atoms. The molecule has 0 fully saturated rings. The first-order chi connectivity index (χ1) is 9.13. The van der Waals surface area contributed by atoms with E-state index in [2.05, 4.69) is 43.7 Å². The number of rotatable bonds is 2. The van der Waals surface area contributed by atoms with Crippen molar-refractivity contribution in [3.63, 3.8) is 0 Å². The van der Waals surface area contributed by atoms with Crippen molar-refractivity contribution in [3.05, 3.63) is 40.8 Å². The van der Waals surface area contributed by atoms with E-state index in [1.54, 1.807) is 6.20 Å². The Morgan fingerprint density at radius 2 is 2.05 bits per heavy atom. The maximum Gasteiger partial charge on any atom is 0.226 e. The van der Waals surface area contributed by atoms with Crippen LogP contribution in [0.1, 0.15) is 11.1 Å². The Morgan fingerprint density at radius 3 is 2.89 bits per heavy atom. The first kappa shape index (κ1) is 11.9. The number of hydrogen-bond acceptors (Lipinski definition) is 4. The number of halogens is 1. The van der Waals surface area contributed by atoms with Gasteiger partial charge in [0.05, 0.1) is 11.6 Å². The summed E-state index contributed by atoms with van der Waals surface area (Å²) >= 11 is 5.91. The van der Waals surface area contributed by atoms with E-state index < -0.39 is 0 Å². The highest BCUT2D eigenvalue weighted by atomic mass is 35.5. The zero-order chi connectivity index (χ0) is 13.4. The smallest absolute Gasteiger partial charge is 0.226 e.